The molecule has 1 unspecified atom stereocenters. The summed E-state index contributed by atoms with van der Waals surface area (Å²) in [4.78, 5) is 45.2. The van der Waals surface area contributed by atoms with E-state index in [0.29, 0.717) is 23.9 Å². The van der Waals surface area contributed by atoms with Crippen LogP contribution < -0.4 is 0 Å². The summed E-state index contributed by atoms with van der Waals surface area (Å²) < 4.78 is 33.8. The standard InChI is InChI=1S/C33H64NO9P/c1-5-6-7-8-9-10-11-12-13-14-15-18-21-24-32(36)40-29-31(30-42-44(38,39)41-28-26-34(2,3)4)43-33(37)25-22-19-16-17-20-23-27-35/h27,31H,5-26,28-30H2,1-4H3/p+1/t31-/m1/s1. The van der Waals surface area contributed by atoms with Gasteiger partial charge in [0, 0.05) is 19.3 Å². The van der Waals surface area contributed by atoms with Gasteiger partial charge in [-0.1, -0.05) is 103 Å². The molecule has 10 nitrogen and oxygen atoms in total. The van der Waals surface area contributed by atoms with E-state index in [-0.39, 0.29) is 26.1 Å². The molecule has 11 heteroatoms. The minimum absolute atomic E-state index is 0.0166. The van der Waals surface area contributed by atoms with Crippen molar-refractivity contribution in [2.24, 2.45) is 0 Å². The number of hydrogen-bond acceptors (Lipinski definition) is 8. The molecular weight excluding hydrogens is 585 g/mol. The number of ether oxygens (including phenoxy) is 2. The third kappa shape index (κ3) is 30.7. The van der Waals surface area contributed by atoms with Crippen LogP contribution in [0.4, 0.5) is 0 Å². The molecule has 0 aliphatic rings. The van der Waals surface area contributed by atoms with Crippen molar-refractivity contribution in [1.29, 1.82) is 0 Å². The zero-order valence-electron chi connectivity index (χ0n) is 28.4. The molecule has 0 fully saturated rings. The van der Waals surface area contributed by atoms with Crippen LogP contribution in [-0.2, 0) is 37.5 Å². The maximum atomic E-state index is 12.4. The highest BCUT2D eigenvalue weighted by Gasteiger charge is 2.27. The number of nitrogens with zero attached hydrogens (tertiary/aromatic N) is 1. The summed E-state index contributed by atoms with van der Waals surface area (Å²) in [7, 11) is 1.42. The summed E-state index contributed by atoms with van der Waals surface area (Å²) in [6.45, 7) is 2.07. The van der Waals surface area contributed by atoms with Gasteiger partial charge in [0.25, 0.3) is 0 Å². The van der Waals surface area contributed by atoms with Gasteiger partial charge in [-0.15, -0.1) is 0 Å². The number of carbonyl (C=O) groups excluding carboxylic acids is 3. The lowest BCUT2D eigenvalue weighted by atomic mass is 10.0. The van der Waals surface area contributed by atoms with E-state index in [9.17, 15) is 23.8 Å². The van der Waals surface area contributed by atoms with Crippen LogP contribution >= 0.6 is 7.82 Å². The fourth-order valence-electron chi connectivity index (χ4n) is 4.58. The van der Waals surface area contributed by atoms with Crippen molar-refractivity contribution in [3.8, 4) is 0 Å². The highest BCUT2D eigenvalue weighted by atomic mass is 31.2. The molecule has 260 valence electrons. The smallest absolute Gasteiger partial charge is 0.462 e. The van der Waals surface area contributed by atoms with E-state index in [1.165, 1.54) is 64.2 Å². The summed E-state index contributed by atoms with van der Waals surface area (Å²) in [5.41, 5.74) is 0. The Morgan fingerprint density at radius 2 is 1.18 bits per heavy atom. The Morgan fingerprint density at radius 3 is 1.68 bits per heavy atom. The second-order valence-electron chi connectivity index (χ2n) is 12.9. The molecule has 0 aliphatic heterocycles. The first-order valence-corrected chi connectivity index (χ1v) is 18.7. The van der Waals surface area contributed by atoms with Crippen molar-refractivity contribution in [2.45, 2.75) is 148 Å². The predicted molar refractivity (Wildman–Crippen MR) is 174 cm³/mol. The fraction of sp³-hybridized carbons (Fsp3) is 0.909. The van der Waals surface area contributed by atoms with Gasteiger partial charge in [0.05, 0.1) is 27.7 Å². The van der Waals surface area contributed by atoms with Gasteiger partial charge in [-0.25, -0.2) is 4.57 Å². The molecule has 0 bridgehead atoms. The lowest BCUT2D eigenvalue weighted by Crippen LogP contribution is -2.37. The van der Waals surface area contributed by atoms with Gasteiger partial charge in [0.15, 0.2) is 6.10 Å². The van der Waals surface area contributed by atoms with Crippen LogP contribution in [0.5, 0.6) is 0 Å². The van der Waals surface area contributed by atoms with Crippen molar-refractivity contribution in [3.05, 3.63) is 0 Å². The monoisotopic (exact) mass is 650 g/mol. The Labute approximate surface area is 268 Å². The molecule has 0 aromatic heterocycles. The first kappa shape index (κ1) is 42.7. The van der Waals surface area contributed by atoms with Crippen molar-refractivity contribution in [2.75, 3.05) is 47.5 Å². The lowest BCUT2D eigenvalue weighted by Gasteiger charge is -2.24. The largest absolute Gasteiger partial charge is 0.472 e. The van der Waals surface area contributed by atoms with Crippen LogP contribution in [0.1, 0.15) is 142 Å². The number of likely N-dealkylation sites (N-methyl/N-ethyl adjacent to an activating group) is 1. The number of carbonyl (C=O) groups is 3. The minimum atomic E-state index is -4.37. The van der Waals surface area contributed by atoms with E-state index < -0.39 is 32.5 Å². The average Bonchev–Trinajstić information content (AvgIpc) is 2.95. The van der Waals surface area contributed by atoms with E-state index in [0.717, 1.165) is 51.2 Å². The second-order valence-corrected chi connectivity index (χ2v) is 14.3. The third-order valence-corrected chi connectivity index (χ3v) is 8.34. The SMILES string of the molecule is CCCCCCCCCCCCCCCC(=O)OC[C@H](COP(=O)(O)OCC[N+](C)(C)C)OC(=O)CCCCCCCC=O. The predicted octanol–water partition coefficient (Wildman–Crippen LogP) is 7.69. The van der Waals surface area contributed by atoms with Crippen LogP contribution in [0, 0.1) is 0 Å². The zero-order valence-corrected chi connectivity index (χ0v) is 29.3. The molecule has 2 atom stereocenters. The highest BCUT2D eigenvalue weighted by molar-refractivity contribution is 7.47. The van der Waals surface area contributed by atoms with Gasteiger partial charge in [-0.3, -0.25) is 18.6 Å². The van der Waals surface area contributed by atoms with Gasteiger partial charge < -0.3 is 23.6 Å². The number of quaternary nitrogens is 1. The van der Waals surface area contributed by atoms with Crippen molar-refractivity contribution >= 4 is 26.0 Å². The van der Waals surface area contributed by atoms with Gasteiger partial charge in [-0.05, 0) is 19.3 Å². The molecule has 0 spiro atoms. The van der Waals surface area contributed by atoms with E-state index >= 15 is 0 Å². The van der Waals surface area contributed by atoms with Gasteiger partial charge in [0.2, 0.25) is 0 Å². The summed E-state index contributed by atoms with van der Waals surface area (Å²) in [5, 5.41) is 0. The van der Waals surface area contributed by atoms with E-state index in [1.807, 2.05) is 21.1 Å². The number of phosphoric ester groups is 1. The van der Waals surface area contributed by atoms with Crippen LogP contribution in [0.3, 0.4) is 0 Å². The number of esters is 2. The zero-order chi connectivity index (χ0) is 32.9. The molecule has 0 aliphatic carbocycles. The van der Waals surface area contributed by atoms with Crippen LogP contribution in [-0.4, -0.2) is 81.2 Å². The average molecular weight is 651 g/mol. The Hall–Kier alpha value is -1.32. The third-order valence-electron chi connectivity index (χ3n) is 7.36. The van der Waals surface area contributed by atoms with Crippen molar-refractivity contribution in [3.63, 3.8) is 0 Å². The highest BCUT2D eigenvalue weighted by Crippen LogP contribution is 2.43. The van der Waals surface area contributed by atoms with E-state index in [1.54, 1.807) is 0 Å². The molecule has 0 saturated heterocycles. The first-order chi connectivity index (χ1) is 21.0. The van der Waals surface area contributed by atoms with E-state index in [4.69, 9.17) is 18.5 Å². The van der Waals surface area contributed by atoms with Crippen molar-refractivity contribution in [1.82, 2.24) is 0 Å². The second kappa shape index (κ2) is 27.9. The molecular formula is C33H65NO9P+. The summed E-state index contributed by atoms with van der Waals surface area (Å²) >= 11 is 0. The maximum absolute atomic E-state index is 12.4. The Bertz CT molecular complexity index is 773. The molecule has 0 amide bonds. The first-order valence-electron chi connectivity index (χ1n) is 17.2. The van der Waals surface area contributed by atoms with Crippen molar-refractivity contribution < 1.29 is 46.8 Å². The number of aldehydes is 1. The van der Waals surface area contributed by atoms with Gasteiger partial charge >= 0.3 is 19.8 Å². The molecule has 0 radical (unpaired) electrons. The Balaban J connectivity index is 4.39. The summed E-state index contributed by atoms with van der Waals surface area (Å²) in [6.07, 6.45) is 20.9. The normalized spacial score (nSPS) is 13.8. The minimum Gasteiger partial charge on any atom is -0.462 e. The number of unbranched alkanes of at least 4 members (excludes halogenated alkanes) is 17. The Morgan fingerprint density at radius 1 is 0.705 bits per heavy atom. The van der Waals surface area contributed by atoms with Gasteiger partial charge in [0.1, 0.15) is 26.0 Å². The molecule has 0 rings (SSSR count). The van der Waals surface area contributed by atoms with E-state index in [2.05, 4.69) is 6.92 Å². The summed E-state index contributed by atoms with van der Waals surface area (Å²) in [5.74, 6) is -0.881. The summed E-state index contributed by atoms with van der Waals surface area (Å²) in [6, 6.07) is 0. The van der Waals surface area contributed by atoms with Gasteiger partial charge in [-0.2, -0.15) is 0 Å². The molecule has 0 aromatic rings. The van der Waals surface area contributed by atoms with Crippen LogP contribution in [0.2, 0.25) is 0 Å². The van der Waals surface area contributed by atoms with Crippen LogP contribution in [0.25, 0.3) is 0 Å². The topological polar surface area (TPSA) is 125 Å². The molecule has 0 aromatic carbocycles. The Kier molecular flexibility index (Phi) is 27.1. The quantitative estimate of drug-likeness (QED) is 0.0256. The number of phosphoric acid groups is 1. The number of rotatable bonds is 32. The molecule has 0 saturated carbocycles. The fourth-order valence-corrected chi connectivity index (χ4v) is 5.32. The molecule has 1 N–H and O–H groups in total. The van der Waals surface area contributed by atoms with Crippen LogP contribution in [0.15, 0.2) is 0 Å². The maximum Gasteiger partial charge on any atom is 0.472 e. The lowest BCUT2D eigenvalue weighted by molar-refractivity contribution is -0.870. The number of hydrogen-bond donors (Lipinski definition) is 1. The molecule has 0 heterocycles. The molecule has 44 heavy (non-hydrogen) atoms.